The number of aromatic nitrogens is 1. The average Bonchev–Trinajstić information content (AvgIpc) is 2.66. The maximum Gasteiger partial charge on any atom is 0.323 e. The van der Waals surface area contributed by atoms with Crippen LogP contribution in [0.1, 0.15) is 32.8 Å². The molecule has 2 unspecified atom stereocenters. The van der Waals surface area contributed by atoms with Crippen LogP contribution in [-0.2, 0) is 11.2 Å². The molecule has 0 saturated heterocycles. The van der Waals surface area contributed by atoms with Gasteiger partial charge in [0.1, 0.15) is 5.54 Å². The van der Waals surface area contributed by atoms with Gasteiger partial charge in [-0.15, -0.1) is 0 Å². The summed E-state index contributed by atoms with van der Waals surface area (Å²) < 4.78 is 0. The zero-order chi connectivity index (χ0) is 14.9. The van der Waals surface area contributed by atoms with E-state index in [1.54, 1.807) is 6.92 Å². The van der Waals surface area contributed by atoms with Gasteiger partial charge in [-0.25, -0.2) is 0 Å². The summed E-state index contributed by atoms with van der Waals surface area (Å²) in [6, 6.07) is 0. The molecule has 4 nitrogen and oxygen atoms in total. The van der Waals surface area contributed by atoms with Crippen molar-refractivity contribution in [3.05, 3.63) is 34.0 Å². The van der Waals surface area contributed by atoms with E-state index in [0.717, 1.165) is 22.6 Å². The van der Waals surface area contributed by atoms with Crippen molar-refractivity contribution in [3.8, 4) is 0 Å². The van der Waals surface area contributed by atoms with E-state index in [1.165, 1.54) is 5.57 Å². The maximum atomic E-state index is 11.2. The quantitative estimate of drug-likeness (QED) is 0.766. The fourth-order valence-electron chi connectivity index (χ4n) is 2.59. The highest BCUT2D eigenvalue weighted by molar-refractivity contribution is 5.78. The Hall–Kier alpha value is -1.81. The molecule has 0 aromatic carbocycles. The lowest BCUT2D eigenvalue weighted by Crippen LogP contribution is -2.48. The van der Waals surface area contributed by atoms with Crippen LogP contribution < -0.4 is 16.3 Å². The van der Waals surface area contributed by atoms with E-state index in [1.807, 2.05) is 12.3 Å². The molecule has 0 saturated carbocycles. The van der Waals surface area contributed by atoms with Crippen LogP contribution in [0.5, 0.6) is 0 Å². The van der Waals surface area contributed by atoms with Crippen molar-refractivity contribution in [1.82, 2.24) is 4.98 Å². The Bertz CT molecular complexity index is 665. The minimum atomic E-state index is -1.25. The van der Waals surface area contributed by atoms with Gasteiger partial charge in [0.25, 0.3) is 0 Å². The third-order valence-electron chi connectivity index (χ3n) is 3.71. The van der Waals surface area contributed by atoms with Gasteiger partial charge in [-0.1, -0.05) is 24.6 Å². The van der Waals surface area contributed by atoms with Crippen LogP contribution in [0.3, 0.4) is 0 Å². The van der Waals surface area contributed by atoms with Gasteiger partial charge in [0.2, 0.25) is 0 Å². The van der Waals surface area contributed by atoms with Crippen LogP contribution >= 0.6 is 0 Å². The van der Waals surface area contributed by atoms with Crippen LogP contribution in [0, 0.1) is 5.92 Å². The fourth-order valence-corrected chi connectivity index (χ4v) is 2.59. The molecule has 1 heterocycles. The van der Waals surface area contributed by atoms with Crippen molar-refractivity contribution in [3.63, 3.8) is 0 Å². The number of nitrogens with one attached hydrogen (secondary N) is 1. The molecule has 0 spiro atoms. The summed E-state index contributed by atoms with van der Waals surface area (Å²) in [7, 11) is 0. The van der Waals surface area contributed by atoms with Crippen LogP contribution in [0.4, 0.5) is 0 Å². The lowest BCUT2D eigenvalue weighted by atomic mass is 9.92. The number of aliphatic carboxylic acids is 1. The van der Waals surface area contributed by atoms with Gasteiger partial charge in [0, 0.05) is 18.0 Å². The standard InChI is InChI=1S/C16H22N2O2/c1-10-4-5-14-13(7-11(2)6-10)12(9-18-14)8-16(3,17)15(19)20/h4-5,7,9,11,18H,6,8,17H2,1-3H3,(H,19,20). The van der Waals surface area contributed by atoms with E-state index in [4.69, 9.17) is 10.8 Å². The number of rotatable bonds is 3. The van der Waals surface area contributed by atoms with Gasteiger partial charge in [0.15, 0.2) is 0 Å². The van der Waals surface area contributed by atoms with Crippen molar-refractivity contribution < 1.29 is 9.90 Å². The monoisotopic (exact) mass is 274 g/mol. The number of fused-ring (bicyclic) bond motifs is 1. The number of aromatic amines is 1. The van der Waals surface area contributed by atoms with E-state index in [-0.39, 0.29) is 0 Å². The molecule has 0 aliphatic heterocycles. The lowest BCUT2D eigenvalue weighted by molar-refractivity contribution is -0.142. The molecule has 0 radical (unpaired) electrons. The summed E-state index contributed by atoms with van der Waals surface area (Å²) in [6.07, 6.45) is 9.55. The molecule has 2 atom stereocenters. The van der Waals surface area contributed by atoms with Crippen molar-refractivity contribution in [2.24, 2.45) is 11.7 Å². The van der Waals surface area contributed by atoms with E-state index >= 15 is 0 Å². The molecule has 20 heavy (non-hydrogen) atoms. The smallest absolute Gasteiger partial charge is 0.323 e. The molecule has 4 heteroatoms. The van der Waals surface area contributed by atoms with Crippen LogP contribution in [0.15, 0.2) is 17.8 Å². The normalized spacial score (nSPS) is 21.4. The zero-order valence-corrected chi connectivity index (χ0v) is 12.2. The van der Waals surface area contributed by atoms with Crippen molar-refractivity contribution in [1.29, 1.82) is 0 Å². The summed E-state index contributed by atoms with van der Waals surface area (Å²) >= 11 is 0. The molecule has 0 amide bonds. The highest BCUT2D eigenvalue weighted by Gasteiger charge is 2.28. The number of hydrogen-bond donors (Lipinski definition) is 3. The van der Waals surface area contributed by atoms with Gasteiger partial charge in [-0.2, -0.15) is 0 Å². The predicted molar refractivity (Wildman–Crippen MR) is 80.4 cm³/mol. The second kappa shape index (κ2) is 5.29. The Kier molecular flexibility index (Phi) is 3.86. The molecule has 0 fully saturated rings. The number of H-pyrrole nitrogens is 1. The van der Waals surface area contributed by atoms with E-state index < -0.39 is 11.5 Å². The molecule has 1 aliphatic carbocycles. The highest BCUT2D eigenvalue weighted by atomic mass is 16.4. The predicted octanol–water partition coefficient (Wildman–Crippen LogP) is 0.906. The van der Waals surface area contributed by atoms with Crippen LogP contribution in [-0.4, -0.2) is 21.6 Å². The molecule has 2 rings (SSSR count). The van der Waals surface area contributed by atoms with Crippen LogP contribution in [0.2, 0.25) is 0 Å². The number of allylic oxidation sites excluding steroid dienone is 2. The summed E-state index contributed by atoms with van der Waals surface area (Å²) in [5.41, 5.74) is 6.91. The molecular weight excluding hydrogens is 252 g/mol. The third kappa shape index (κ3) is 3.02. The number of hydrogen-bond acceptors (Lipinski definition) is 2. The average molecular weight is 274 g/mol. The molecule has 1 aromatic rings. The second-order valence-corrected chi connectivity index (χ2v) is 6.07. The maximum absolute atomic E-state index is 11.2. The largest absolute Gasteiger partial charge is 0.480 e. The summed E-state index contributed by atoms with van der Waals surface area (Å²) in [6.45, 7) is 5.84. The Balaban J connectivity index is 2.51. The van der Waals surface area contributed by atoms with Crippen LogP contribution in [0.25, 0.3) is 12.2 Å². The van der Waals surface area contributed by atoms with E-state index in [9.17, 15) is 4.79 Å². The van der Waals surface area contributed by atoms with E-state index in [0.29, 0.717) is 12.3 Å². The number of carboxylic acid groups (broad SMARTS) is 1. The lowest BCUT2D eigenvalue weighted by Gasteiger charge is -2.18. The van der Waals surface area contributed by atoms with Gasteiger partial charge in [-0.3, -0.25) is 4.79 Å². The molecule has 1 aromatic heterocycles. The minimum absolute atomic E-state index is 0.313. The Morgan fingerprint density at radius 2 is 2.25 bits per heavy atom. The number of carboxylic acids is 1. The summed E-state index contributed by atoms with van der Waals surface area (Å²) in [4.78, 5) is 14.4. The van der Waals surface area contributed by atoms with Gasteiger partial charge in [0.05, 0.1) is 0 Å². The summed E-state index contributed by atoms with van der Waals surface area (Å²) in [5.74, 6) is -0.562. The summed E-state index contributed by atoms with van der Waals surface area (Å²) in [5, 5.41) is 11.3. The minimum Gasteiger partial charge on any atom is -0.480 e. The highest BCUT2D eigenvalue weighted by Crippen LogP contribution is 2.14. The van der Waals surface area contributed by atoms with Gasteiger partial charge >= 0.3 is 5.97 Å². The first-order valence-corrected chi connectivity index (χ1v) is 6.87. The van der Waals surface area contributed by atoms with Gasteiger partial charge < -0.3 is 15.8 Å². The third-order valence-corrected chi connectivity index (χ3v) is 3.71. The SMILES string of the molecule is CC1=CC=c2[nH]cc(CC(C)(N)C(=O)O)c2=CC(C)C1. The number of nitrogens with two attached hydrogens (primary N) is 1. The van der Waals surface area contributed by atoms with Crippen molar-refractivity contribution >= 4 is 18.1 Å². The Morgan fingerprint density at radius 3 is 2.90 bits per heavy atom. The topological polar surface area (TPSA) is 79.1 Å². The first kappa shape index (κ1) is 14.6. The van der Waals surface area contributed by atoms with Crippen molar-refractivity contribution in [2.75, 3.05) is 0 Å². The molecular formula is C16H22N2O2. The molecule has 4 N–H and O–H groups in total. The Morgan fingerprint density at radius 1 is 1.55 bits per heavy atom. The number of carbonyl (C=O) groups is 1. The zero-order valence-electron chi connectivity index (χ0n) is 12.2. The first-order valence-electron chi connectivity index (χ1n) is 6.87. The molecule has 1 aliphatic rings. The fraction of sp³-hybridized carbons (Fsp3) is 0.438. The first-order chi connectivity index (χ1) is 9.29. The van der Waals surface area contributed by atoms with Gasteiger partial charge in [-0.05, 0) is 43.0 Å². The van der Waals surface area contributed by atoms with E-state index in [2.05, 4.69) is 31.0 Å². The molecule has 0 bridgehead atoms. The Labute approximate surface area is 118 Å². The molecule has 108 valence electrons. The van der Waals surface area contributed by atoms with Crippen molar-refractivity contribution in [2.45, 2.75) is 39.2 Å². The second-order valence-electron chi connectivity index (χ2n) is 6.07.